The van der Waals surface area contributed by atoms with Gasteiger partial charge in [0.15, 0.2) is 0 Å². The summed E-state index contributed by atoms with van der Waals surface area (Å²) in [6.07, 6.45) is 5.02. The van der Waals surface area contributed by atoms with Gasteiger partial charge >= 0.3 is 6.03 Å². The number of rotatable bonds is 5. The Bertz CT molecular complexity index is 821. The molecule has 3 fully saturated rings. The van der Waals surface area contributed by atoms with Crippen LogP contribution in [0.3, 0.4) is 0 Å². The van der Waals surface area contributed by atoms with Crippen molar-refractivity contribution in [2.24, 2.45) is 0 Å². The van der Waals surface area contributed by atoms with Gasteiger partial charge in [0.2, 0.25) is 5.91 Å². The lowest BCUT2D eigenvalue weighted by Crippen LogP contribution is -2.49. The van der Waals surface area contributed by atoms with Gasteiger partial charge < -0.3 is 20.3 Å². The lowest BCUT2D eigenvalue weighted by Gasteiger charge is -2.32. The molecular weight excluding hydrogens is 386 g/mol. The van der Waals surface area contributed by atoms with E-state index in [-0.39, 0.29) is 24.5 Å². The Hall–Kier alpha value is -2.68. The predicted molar refractivity (Wildman–Crippen MR) is 110 cm³/mol. The SMILES string of the molecule is CC1CN(c2ccc(CNC(=O)C(C)N3C(=O)NC4(CCCC4)C3=O)cn2)CCO1. The fraction of sp³-hybridized carbons (Fsp3) is 0.619. The van der Waals surface area contributed by atoms with Crippen LogP contribution in [-0.4, -0.2) is 65.1 Å². The summed E-state index contributed by atoms with van der Waals surface area (Å²) < 4.78 is 5.56. The Balaban J connectivity index is 1.33. The number of hydrogen-bond donors (Lipinski definition) is 2. The van der Waals surface area contributed by atoms with Crippen molar-refractivity contribution in [3.8, 4) is 0 Å². The van der Waals surface area contributed by atoms with Gasteiger partial charge in [-0.15, -0.1) is 0 Å². The fourth-order valence-electron chi connectivity index (χ4n) is 4.50. The van der Waals surface area contributed by atoms with Crippen molar-refractivity contribution in [3.63, 3.8) is 0 Å². The van der Waals surface area contributed by atoms with E-state index in [0.717, 1.165) is 42.2 Å². The van der Waals surface area contributed by atoms with Crippen LogP contribution in [0.5, 0.6) is 0 Å². The van der Waals surface area contributed by atoms with Crippen LogP contribution in [0.15, 0.2) is 18.3 Å². The number of nitrogens with one attached hydrogen (secondary N) is 2. The number of anilines is 1. The summed E-state index contributed by atoms with van der Waals surface area (Å²) in [5.41, 5.74) is 0.0487. The van der Waals surface area contributed by atoms with Crippen LogP contribution in [-0.2, 0) is 20.9 Å². The fourth-order valence-corrected chi connectivity index (χ4v) is 4.50. The number of carbonyl (C=O) groups is 3. The molecule has 4 amide bonds. The molecule has 3 aliphatic rings. The molecule has 162 valence electrons. The van der Waals surface area contributed by atoms with Crippen molar-refractivity contribution >= 4 is 23.7 Å². The summed E-state index contributed by atoms with van der Waals surface area (Å²) in [5, 5.41) is 5.63. The Labute approximate surface area is 176 Å². The second-order valence-electron chi connectivity index (χ2n) is 8.44. The Kier molecular flexibility index (Phi) is 5.64. The van der Waals surface area contributed by atoms with Gasteiger partial charge in [-0.3, -0.25) is 9.59 Å². The van der Waals surface area contributed by atoms with E-state index in [0.29, 0.717) is 19.4 Å². The smallest absolute Gasteiger partial charge is 0.325 e. The second-order valence-corrected chi connectivity index (χ2v) is 8.44. The first-order valence-electron chi connectivity index (χ1n) is 10.6. The summed E-state index contributed by atoms with van der Waals surface area (Å²) >= 11 is 0. The Morgan fingerprint density at radius 3 is 2.80 bits per heavy atom. The van der Waals surface area contributed by atoms with Gasteiger partial charge in [-0.25, -0.2) is 14.7 Å². The molecule has 2 N–H and O–H groups in total. The Morgan fingerprint density at radius 1 is 1.37 bits per heavy atom. The number of imide groups is 1. The standard InChI is InChI=1S/C21H29N5O4/c1-14-13-25(9-10-30-14)17-6-5-16(11-22-17)12-23-18(27)15(2)26-19(28)21(24-20(26)29)7-3-4-8-21/h5-6,11,14-15H,3-4,7-10,12-13H2,1-2H3,(H,23,27)(H,24,29). The number of urea groups is 1. The average Bonchev–Trinajstić information content (AvgIpc) is 3.30. The van der Waals surface area contributed by atoms with E-state index in [1.54, 1.807) is 13.1 Å². The number of nitrogens with zero attached hydrogens (tertiary/aromatic N) is 3. The minimum absolute atomic E-state index is 0.176. The van der Waals surface area contributed by atoms with Crippen molar-refractivity contribution in [1.82, 2.24) is 20.5 Å². The van der Waals surface area contributed by atoms with E-state index in [1.165, 1.54) is 0 Å². The molecule has 1 aromatic heterocycles. The van der Waals surface area contributed by atoms with E-state index < -0.39 is 17.6 Å². The zero-order chi connectivity index (χ0) is 21.3. The largest absolute Gasteiger partial charge is 0.375 e. The number of aromatic nitrogens is 1. The highest BCUT2D eigenvalue weighted by atomic mass is 16.5. The van der Waals surface area contributed by atoms with Crippen molar-refractivity contribution in [1.29, 1.82) is 0 Å². The molecule has 0 bridgehead atoms. The van der Waals surface area contributed by atoms with Gasteiger partial charge in [0.25, 0.3) is 5.91 Å². The first-order valence-corrected chi connectivity index (χ1v) is 10.6. The summed E-state index contributed by atoms with van der Waals surface area (Å²) in [4.78, 5) is 45.5. The van der Waals surface area contributed by atoms with Gasteiger partial charge in [0.05, 0.1) is 12.7 Å². The first kappa shape index (κ1) is 20.6. The molecule has 9 nitrogen and oxygen atoms in total. The van der Waals surface area contributed by atoms with Gasteiger partial charge in [-0.2, -0.15) is 0 Å². The molecule has 9 heteroatoms. The third-order valence-electron chi connectivity index (χ3n) is 6.26. The van der Waals surface area contributed by atoms with E-state index in [4.69, 9.17) is 4.74 Å². The predicted octanol–water partition coefficient (Wildman–Crippen LogP) is 1.18. The van der Waals surface area contributed by atoms with E-state index >= 15 is 0 Å². The molecule has 1 aliphatic carbocycles. The van der Waals surface area contributed by atoms with Crippen LogP contribution >= 0.6 is 0 Å². The van der Waals surface area contributed by atoms with Crippen LogP contribution < -0.4 is 15.5 Å². The van der Waals surface area contributed by atoms with Crippen LogP contribution in [0.25, 0.3) is 0 Å². The molecule has 2 atom stereocenters. The monoisotopic (exact) mass is 415 g/mol. The second kappa shape index (κ2) is 8.22. The maximum atomic E-state index is 12.8. The first-order chi connectivity index (χ1) is 14.4. The van der Waals surface area contributed by atoms with E-state index in [1.807, 2.05) is 19.1 Å². The van der Waals surface area contributed by atoms with Crippen LogP contribution in [0, 0.1) is 0 Å². The highest BCUT2D eigenvalue weighted by Crippen LogP contribution is 2.35. The van der Waals surface area contributed by atoms with Crippen LogP contribution in [0.1, 0.15) is 45.1 Å². The number of morpholine rings is 1. The van der Waals surface area contributed by atoms with Crippen LogP contribution in [0.2, 0.25) is 0 Å². The molecular formula is C21H29N5O4. The molecule has 2 saturated heterocycles. The van der Waals surface area contributed by atoms with Crippen molar-refractivity contribution in [3.05, 3.63) is 23.9 Å². The summed E-state index contributed by atoms with van der Waals surface area (Å²) in [6.45, 7) is 6.19. The lowest BCUT2D eigenvalue weighted by atomic mass is 9.97. The molecule has 0 radical (unpaired) electrons. The number of hydrogen-bond acceptors (Lipinski definition) is 6. The summed E-state index contributed by atoms with van der Waals surface area (Å²) in [7, 11) is 0. The number of carbonyl (C=O) groups excluding carboxylic acids is 3. The zero-order valence-electron chi connectivity index (χ0n) is 17.5. The number of amides is 4. The molecule has 2 unspecified atom stereocenters. The normalized spacial score (nSPS) is 24.3. The average molecular weight is 415 g/mol. The molecule has 1 spiro atoms. The maximum Gasteiger partial charge on any atom is 0.325 e. The minimum Gasteiger partial charge on any atom is -0.375 e. The molecule has 1 aromatic rings. The molecule has 1 saturated carbocycles. The number of pyridine rings is 1. The van der Waals surface area contributed by atoms with E-state index in [9.17, 15) is 14.4 Å². The lowest BCUT2D eigenvalue weighted by molar-refractivity contribution is -0.137. The topological polar surface area (TPSA) is 104 Å². The third-order valence-corrected chi connectivity index (χ3v) is 6.26. The van der Waals surface area contributed by atoms with Crippen molar-refractivity contribution < 1.29 is 19.1 Å². The Morgan fingerprint density at radius 2 is 2.13 bits per heavy atom. The molecule has 4 rings (SSSR count). The van der Waals surface area contributed by atoms with Crippen molar-refractivity contribution in [2.75, 3.05) is 24.6 Å². The highest BCUT2D eigenvalue weighted by Gasteiger charge is 2.54. The maximum absolute atomic E-state index is 12.8. The highest BCUT2D eigenvalue weighted by molar-refractivity contribution is 6.09. The van der Waals surface area contributed by atoms with E-state index in [2.05, 4.69) is 20.5 Å². The quantitative estimate of drug-likeness (QED) is 0.700. The summed E-state index contributed by atoms with van der Waals surface area (Å²) in [6, 6.07) is 2.52. The van der Waals surface area contributed by atoms with Gasteiger partial charge in [0, 0.05) is 25.8 Å². The third kappa shape index (κ3) is 3.86. The zero-order valence-corrected chi connectivity index (χ0v) is 17.5. The molecule has 3 heterocycles. The molecule has 30 heavy (non-hydrogen) atoms. The van der Waals surface area contributed by atoms with Crippen LogP contribution in [0.4, 0.5) is 10.6 Å². The molecule has 2 aliphatic heterocycles. The van der Waals surface area contributed by atoms with Gasteiger partial charge in [0.1, 0.15) is 17.4 Å². The summed E-state index contributed by atoms with van der Waals surface area (Å²) in [5.74, 6) is 0.243. The number of ether oxygens (including phenoxy) is 1. The van der Waals surface area contributed by atoms with Gasteiger partial charge in [-0.05, 0) is 38.3 Å². The molecule has 0 aromatic carbocycles. The van der Waals surface area contributed by atoms with Gasteiger partial charge in [-0.1, -0.05) is 18.9 Å². The minimum atomic E-state index is -0.862. The van der Waals surface area contributed by atoms with Crippen molar-refractivity contribution in [2.45, 2.75) is 63.8 Å².